The van der Waals surface area contributed by atoms with Crippen molar-refractivity contribution in [3.63, 3.8) is 0 Å². The highest BCUT2D eigenvalue weighted by atomic mass is 32.2. The van der Waals surface area contributed by atoms with E-state index < -0.39 is 0 Å². The molecule has 0 bridgehead atoms. The van der Waals surface area contributed by atoms with E-state index in [2.05, 4.69) is 25.7 Å². The summed E-state index contributed by atoms with van der Waals surface area (Å²) in [6.45, 7) is 0. The number of nitrogens with zero attached hydrogens (tertiary/aromatic N) is 4. The third-order valence-corrected chi connectivity index (χ3v) is 3.58. The van der Waals surface area contributed by atoms with E-state index in [9.17, 15) is 0 Å². The minimum absolute atomic E-state index is 0.372. The average Bonchev–Trinajstić information content (AvgIpc) is 2.81. The van der Waals surface area contributed by atoms with Gasteiger partial charge < -0.3 is 10.2 Å². The van der Waals surface area contributed by atoms with Crippen LogP contribution in [0.2, 0.25) is 0 Å². The Morgan fingerprint density at radius 2 is 2.06 bits per heavy atom. The van der Waals surface area contributed by atoms with Gasteiger partial charge in [0.2, 0.25) is 17.8 Å². The molecule has 1 aliphatic rings. The quantitative estimate of drug-likeness (QED) is 0.517. The summed E-state index contributed by atoms with van der Waals surface area (Å²) in [4.78, 5) is 14.5. The molecule has 4 N–H and O–H groups in total. The first-order valence-electron chi connectivity index (χ1n) is 5.43. The van der Waals surface area contributed by atoms with Gasteiger partial charge in [0.05, 0.1) is 0 Å². The molecule has 1 aliphatic heterocycles. The molecule has 1 fully saturated rings. The fourth-order valence-electron chi connectivity index (χ4n) is 1.52. The third kappa shape index (κ3) is 3.10. The van der Waals surface area contributed by atoms with Crippen LogP contribution in [-0.2, 0) is 0 Å². The zero-order chi connectivity index (χ0) is 12.3. The zero-order valence-electron chi connectivity index (χ0n) is 9.97. The maximum Gasteiger partial charge on any atom is 0.243 e. The van der Waals surface area contributed by atoms with Gasteiger partial charge in [-0.25, -0.2) is 5.84 Å². The predicted molar refractivity (Wildman–Crippen MR) is 71.3 cm³/mol. The molecule has 1 aromatic rings. The van der Waals surface area contributed by atoms with Crippen LogP contribution in [0.3, 0.4) is 0 Å². The standard InChI is InChI=1S/C9H17N7S/c1-16(2)9-13-7(12-8(14-9)15-10)11-6-3-4-17-5-6/h6H,3-5,10H2,1-2H3,(H2,11,12,13,14,15). The van der Waals surface area contributed by atoms with E-state index in [1.165, 1.54) is 5.75 Å². The van der Waals surface area contributed by atoms with E-state index >= 15 is 0 Å². The topological polar surface area (TPSA) is 92.0 Å². The summed E-state index contributed by atoms with van der Waals surface area (Å²) in [5, 5.41) is 3.31. The van der Waals surface area contributed by atoms with Gasteiger partial charge in [-0.15, -0.1) is 0 Å². The second-order valence-corrected chi connectivity index (χ2v) is 5.18. The van der Waals surface area contributed by atoms with Crippen molar-refractivity contribution in [1.29, 1.82) is 0 Å². The predicted octanol–water partition coefficient (Wildman–Crippen LogP) is 0.141. The molecule has 1 saturated heterocycles. The number of hydrogen-bond acceptors (Lipinski definition) is 8. The molecule has 1 unspecified atom stereocenters. The minimum atomic E-state index is 0.372. The molecule has 2 rings (SSSR count). The van der Waals surface area contributed by atoms with Crippen molar-refractivity contribution in [2.24, 2.45) is 5.84 Å². The van der Waals surface area contributed by atoms with Crippen LogP contribution in [0.25, 0.3) is 0 Å². The Hall–Kier alpha value is -1.28. The Morgan fingerprint density at radius 1 is 1.29 bits per heavy atom. The van der Waals surface area contributed by atoms with Crippen molar-refractivity contribution in [1.82, 2.24) is 15.0 Å². The van der Waals surface area contributed by atoms with Crippen molar-refractivity contribution >= 4 is 29.6 Å². The molecule has 94 valence electrons. The van der Waals surface area contributed by atoms with Crippen molar-refractivity contribution in [2.75, 3.05) is 41.2 Å². The summed E-state index contributed by atoms with van der Waals surface area (Å²) in [5.74, 6) is 9.15. The van der Waals surface area contributed by atoms with Gasteiger partial charge in [0.15, 0.2) is 0 Å². The Labute approximate surface area is 105 Å². The van der Waals surface area contributed by atoms with Crippen LogP contribution in [0.1, 0.15) is 6.42 Å². The molecule has 0 spiro atoms. The van der Waals surface area contributed by atoms with Gasteiger partial charge >= 0.3 is 0 Å². The number of nitrogens with two attached hydrogens (primary N) is 1. The summed E-state index contributed by atoms with van der Waals surface area (Å²) < 4.78 is 0. The smallest absolute Gasteiger partial charge is 0.243 e. The van der Waals surface area contributed by atoms with Gasteiger partial charge in [-0.1, -0.05) is 0 Å². The van der Waals surface area contributed by atoms with Crippen LogP contribution in [0.15, 0.2) is 0 Å². The number of anilines is 3. The van der Waals surface area contributed by atoms with E-state index in [1.54, 1.807) is 0 Å². The highest BCUT2D eigenvalue weighted by molar-refractivity contribution is 7.99. The lowest BCUT2D eigenvalue weighted by atomic mass is 10.3. The number of thioether (sulfide) groups is 1. The molecule has 0 amide bonds. The highest BCUT2D eigenvalue weighted by Crippen LogP contribution is 2.20. The van der Waals surface area contributed by atoms with Gasteiger partial charge in [0, 0.05) is 25.9 Å². The first kappa shape index (κ1) is 12.2. The summed E-state index contributed by atoms with van der Waals surface area (Å²) in [5.41, 5.74) is 2.45. The molecule has 0 aromatic carbocycles. The molecule has 0 aliphatic carbocycles. The van der Waals surface area contributed by atoms with Crippen molar-refractivity contribution in [2.45, 2.75) is 12.5 Å². The SMILES string of the molecule is CN(C)c1nc(NN)nc(NC2CCSC2)n1. The largest absolute Gasteiger partial charge is 0.350 e. The summed E-state index contributed by atoms with van der Waals surface area (Å²) in [7, 11) is 3.76. The molecule has 7 nitrogen and oxygen atoms in total. The van der Waals surface area contributed by atoms with Crippen molar-refractivity contribution in [3.05, 3.63) is 0 Å². The maximum atomic E-state index is 5.34. The van der Waals surface area contributed by atoms with Crippen molar-refractivity contribution in [3.8, 4) is 0 Å². The van der Waals surface area contributed by atoms with E-state index in [-0.39, 0.29) is 0 Å². The number of rotatable bonds is 4. The maximum absolute atomic E-state index is 5.34. The van der Waals surface area contributed by atoms with E-state index in [0.717, 1.165) is 12.2 Å². The number of nitrogens with one attached hydrogen (secondary N) is 2. The molecule has 8 heteroatoms. The van der Waals surface area contributed by atoms with E-state index in [4.69, 9.17) is 5.84 Å². The fraction of sp³-hybridized carbons (Fsp3) is 0.667. The molecule has 2 heterocycles. The third-order valence-electron chi connectivity index (χ3n) is 2.42. The van der Waals surface area contributed by atoms with Gasteiger partial charge in [0.1, 0.15) is 0 Å². The molecular formula is C9H17N7S. The molecule has 0 saturated carbocycles. The van der Waals surface area contributed by atoms with Crippen molar-refractivity contribution < 1.29 is 0 Å². The van der Waals surface area contributed by atoms with Crippen LogP contribution in [-0.4, -0.2) is 46.6 Å². The summed E-state index contributed by atoms with van der Waals surface area (Å²) in [6, 6.07) is 0.433. The first-order chi connectivity index (χ1) is 8.19. The van der Waals surface area contributed by atoms with Gasteiger partial charge in [-0.05, 0) is 12.2 Å². The second kappa shape index (κ2) is 5.37. The average molecular weight is 255 g/mol. The van der Waals surface area contributed by atoms with Crippen LogP contribution < -0.4 is 21.5 Å². The minimum Gasteiger partial charge on any atom is -0.350 e. The number of hydrogen-bond donors (Lipinski definition) is 3. The molecule has 1 atom stereocenters. The Morgan fingerprint density at radius 3 is 2.65 bits per heavy atom. The Kier molecular flexibility index (Phi) is 3.85. The number of hydrazine groups is 1. The van der Waals surface area contributed by atoms with Gasteiger partial charge in [-0.3, -0.25) is 5.43 Å². The normalized spacial score (nSPS) is 19.1. The Balaban J connectivity index is 2.16. The fourth-order valence-corrected chi connectivity index (χ4v) is 2.68. The highest BCUT2D eigenvalue weighted by Gasteiger charge is 2.17. The molecule has 0 radical (unpaired) electrons. The van der Waals surface area contributed by atoms with Gasteiger partial charge in [-0.2, -0.15) is 26.7 Å². The van der Waals surface area contributed by atoms with E-state index in [1.807, 2.05) is 30.8 Å². The molecular weight excluding hydrogens is 238 g/mol. The number of nitrogen functional groups attached to an aromatic ring is 1. The second-order valence-electron chi connectivity index (χ2n) is 4.03. The summed E-state index contributed by atoms with van der Waals surface area (Å²) >= 11 is 1.94. The first-order valence-corrected chi connectivity index (χ1v) is 6.59. The Bertz CT molecular complexity index is 378. The molecule has 1 aromatic heterocycles. The van der Waals surface area contributed by atoms with Crippen LogP contribution in [0.4, 0.5) is 17.8 Å². The lowest BCUT2D eigenvalue weighted by Crippen LogP contribution is -2.23. The van der Waals surface area contributed by atoms with Crippen LogP contribution >= 0.6 is 11.8 Å². The summed E-state index contributed by atoms with van der Waals surface area (Å²) in [6.07, 6.45) is 1.14. The lowest BCUT2D eigenvalue weighted by Gasteiger charge is -2.15. The van der Waals surface area contributed by atoms with E-state index in [0.29, 0.717) is 23.9 Å². The lowest BCUT2D eigenvalue weighted by molar-refractivity contribution is 0.793. The zero-order valence-corrected chi connectivity index (χ0v) is 10.8. The molecule has 17 heavy (non-hydrogen) atoms. The van der Waals surface area contributed by atoms with Crippen LogP contribution in [0.5, 0.6) is 0 Å². The van der Waals surface area contributed by atoms with Crippen LogP contribution in [0, 0.1) is 0 Å². The number of aromatic nitrogens is 3. The van der Waals surface area contributed by atoms with Gasteiger partial charge in [0.25, 0.3) is 0 Å². The monoisotopic (exact) mass is 255 g/mol.